The Kier molecular flexibility index (Phi) is 6.35. The van der Waals surface area contributed by atoms with Crippen LogP contribution in [0.1, 0.15) is 38.5 Å². The molecule has 0 spiro atoms. The third kappa shape index (κ3) is 4.59. The molecule has 0 radical (unpaired) electrons. The lowest BCUT2D eigenvalue weighted by molar-refractivity contribution is 0.0156. The predicted octanol–water partition coefficient (Wildman–Crippen LogP) is 2.43. The highest BCUT2D eigenvalue weighted by atomic mass is 16.5. The van der Waals surface area contributed by atoms with Crippen LogP contribution in [-0.2, 0) is 4.74 Å². The van der Waals surface area contributed by atoms with Crippen LogP contribution in [-0.4, -0.2) is 50.3 Å². The average molecular weight is 266 g/mol. The first-order valence-electron chi connectivity index (χ1n) is 7.95. The van der Waals surface area contributed by atoms with Crippen LogP contribution in [0.5, 0.6) is 0 Å². The molecule has 0 amide bonds. The summed E-state index contributed by atoms with van der Waals surface area (Å²) in [5, 5.41) is 3.52. The summed E-state index contributed by atoms with van der Waals surface area (Å²) in [5.74, 6) is 0.851. The van der Waals surface area contributed by atoms with E-state index in [-0.39, 0.29) is 0 Å². The molecule has 2 rings (SSSR count). The quantitative estimate of drug-likeness (QED) is 0.747. The van der Waals surface area contributed by atoms with E-state index in [1.807, 2.05) is 6.08 Å². The van der Waals surface area contributed by atoms with Gasteiger partial charge in [-0.2, -0.15) is 0 Å². The lowest BCUT2D eigenvalue weighted by Crippen LogP contribution is -2.46. The SMILES string of the molecule is C=CCOC1CCN(C[C@@H]2CCCC[C@H]2NC)CC1. The summed E-state index contributed by atoms with van der Waals surface area (Å²) >= 11 is 0. The molecule has 2 atom stereocenters. The number of piperidine rings is 1. The molecular formula is C16H30N2O. The van der Waals surface area contributed by atoms with Gasteiger partial charge in [-0.3, -0.25) is 0 Å². The maximum Gasteiger partial charge on any atom is 0.0648 e. The highest BCUT2D eigenvalue weighted by molar-refractivity contribution is 4.84. The van der Waals surface area contributed by atoms with Crippen molar-refractivity contribution in [2.24, 2.45) is 5.92 Å². The monoisotopic (exact) mass is 266 g/mol. The Balaban J connectivity index is 1.70. The summed E-state index contributed by atoms with van der Waals surface area (Å²) in [7, 11) is 2.12. The minimum Gasteiger partial charge on any atom is -0.374 e. The summed E-state index contributed by atoms with van der Waals surface area (Å²) in [6, 6.07) is 0.739. The fraction of sp³-hybridized carbons (Fsp3) is 0.875. The van der Waals surface area contributed by atoms with Crippen LogP contribution in [0, 0.1) is 5.92 Å². The van der Waals surface area contributed by atoms with Gasteiger partial charge < -0.3 is 15.0 Å². The van der Waals surface area contributed by atoms with Gasteiger partial charge in [0.25, 0.3) is 0 Å². The summed E-state index contributed by atoms with van der Waals surface area (Å²) < 4.78 is 5.76. The van der Waals surface area contributed by atoms with Crippen molar-refractivity contribution in [1.29, 1.82) is 0 Å². The molecule has 1 saturated heterocycles. The fourth-order valence-corrected chi connectivity index (χ4v) is 3.60. The third-order valence-corrected chi connectivity index (χ3v) is 4.76. The van der Waals surface area contributed by atoms with Crippen LogP contribution >= 0.6 is 0 Å². The topological polar surface area (TPSA) is 24.5 Å². The summed E-state index contributed by atoms with van der Waals surface area (Å²) in [5.41, 5.74) is 0. The predicted molar refractivity (Wildman–Crippen MR) is 80.4 cm³/mol. The average Bonchev–Trinajstić information content (AvgIpc) is 2.47. The van der Waals surface area contributed by atoms with E-state index in [0.717, 1.165) is 12.0 Å². The van der Waals surface area contributed by atoms with Gasteiger partial charge in [0.2, 0.25) is 0 Å². The van der Waals surface area contributed by atoms with Gasteiger partial charge in [-0.05, 0) is 38.6 Å². The molecule has 2 aliphatic rings. The number of nitrogens with zero attached hydrogens (tertiary/aromatic N) is 1. The van der Waals surface area contributed by atoms with E-state index in [2.05, 4.69) is 23.8 Å². The Labute approximate surface area is 118 Å². The van der Waals surface area contributed by atoms with Crippen LogP contribution in [0.25, 0.3) is 0 Å². The molecule has 1 aliphatic carbocycles. The molecular weight excluding hydrogens is 236 g/mol. The van der Waals surface area contributed by atoms with Crippen molar-refractivity contribution in [2.45, 2.75) is 50.7 Å². The lowest BCUT2D eigenvalue weighted by atomic mass is 9.84. The van der Waals surface area contributed by atoms with E-state index in [9.17, 15) is 0 Å². The summed E-state index contributed by atoms with van der Waals surface area (Å²) in [6.45, 7) is 8.10. The molecule has 0 unspecified atom stereocenters. The minimum atomic E-state index is 0.459. The van der Waals surface area contributed by atoms with Gasteiger partial charge in [0, 0.05) is 25.7 Å². The van der Waals surface area contributed by atoms with E-state index in [1.165, 1.54) is 58.2 Å². The normalized spacial score (nSPS) is 30.4. The van der Waals surface area contributed by atoms with Gasteiger partial charge in [0.05, 0.1) is 12.7 Å². The molecule has 1 saturated carbocycles. The van der Waals surface area contributed by atoms with Crippen molar-refractivity contribution < 1.29 is 4.74 Å². The first-order chi connectivity index (χ1) is 9.33. The molecule has 1 heterocycles. The second-order valence-corrected chi connectivity index (χ2v) is 6.06. The van der Waals surface area contributed by atoms with Gasteiger partial charge in [-0.25, -0.2) is 0 Å². The first kappa shape index (κ1) is 15.0. The van der Waals surface area contributed by atoms with Gasteiger partial charge in [-0.1, -0.05) is 18.9 Å². The first-order valence-corrected chi connectivity index (χ1v) is 7.95. The smallest absolute Gasteiger partial charge is 0.0648 e. The number of likely N-dealkylation sites (tertiary alicyclic amines) is 1. The third-order valence-electron chi connectivity index (χ3n) is 4.76. The molecule has 110 valence electrons. The van der Waals surface area contributed by atoms with Crippen molar-refractivity contribution in [3.8, 4) is 0 Å². The Hall–Kier alpha value is -0.380. The molecule has 1 N–H and O–H groups in total. The number of hydrogen-bond acceptors (Lipinski definition) is 3. The summed E-state index contributed by atoms with van der Waals surface area (Å²) in [6.07, 6.45) is 10.3. The van der Waals surface area contributed by atoms with Gasteiger partial charge >= 0.3 is 0 Å². The van der Waals surface area contributed by atoms with E-state index >= 15 is 0 Å². The molecule has 0 aromatic heterocycles. The zero-order valence-electron chi connectivity index (χ0n) is 12.4. The number of hydrogen-bond donors (Lipinski definition) is 1. The number of rotatable bonds is 6. The molecule has 3 nitrogen and oxygen atoms in total. The zero-order chi connectivity index (χ0) is 13.5. The van der Waals surface area contributed by atoms with Crippen molar-refractivity contribution in [2.75, 3.05) is 33.3 Å². The molecule has 0 aromatic carbocycles. The maximum atomic E-state index is 5.76. The van der Waals surface area contributed by atoms with E-state index in [1.54, 1.807) is 0 Å². The van der Waals surface area contributed by atoms with Crippen molar-refractivity contribution >= 4 is 0 Å². The van der Waals surface area contributed by atoms with E-state index in [4.69, 9.17) is 4.74 Å². The molecule has 1 aliphatic heterocycles. The van der Waals surface area contributed by atoms with Crippen molar-refractivity contribution in [3.63, 3.8) is 0 Å². The standard InChI is InChI=1S/C16H30N2O/c1-3-12-19-15-8-10-18(11-9-15)13-14-6-4-5-7-16(14)17-2/h3,14-17H,1,4-13H2,2H3/t14-,16+/m0/s1. The van der Waals surface area contributed by atoms with Crippen LogP contribution in [0.3, 0.4) is 0 Å². The minimum absolute atomic E-state index is 0.459. The van der Waals surface area contributed by atoms with Gasteiger partial charge in [0.1, 0.15) is 0 Å². The molecule has 3 heteroatoms. The van der Waals surface area contributed by atoms with Crippen LogP contribution in [0.2, 0.25) is 0 Å². The van der Waals surface area contributed by atoms with Gasteiger partial charge in [0.15, 0.2) is 0 Å². The Morgan fingerprint density at radius 1 is 1.21 bits per heavy atom. The number of ether oxygens (including phenoxy) is 1. The largest absolute Gasteiger partial charge is 0.374 e. The van der Waals surface area contributed by atoms with Crippen LogP contribution in [0.4, 0.5) is 0 Å². The Morgan fingerprint density at radius 2 is 1.95 bits per heavy atom. The number of nitrogens with one attached hydrogen (secondary N) is 1. The Bertz CT molecular complexity index is 261. The highest BCUT2D eigenvalue weighted by Gasteiger charge is 2.27. The van der Waals surface area contributed by atoms with Crippen LogP contribution in [0.15, 0.2) is 12.7 Å². The molecule has 0 aromatic rings. The second kappa shape index (κ2) is 8.03. The van der Waals surface area contributed by atoms with Crippen LogP contribution < -0.4 is 5.32 Å². The van der Waals surface area contributed by atoms with Crippen molar-refractivity contribution in [1.82, 2.24) is 10.2 Å². The maximum absolute atomic E-state index is 5.76. The fourth-order valence-electron chi connectivity index (χ4n) is 3.60. The van der Waals surface area contributed by atoms with E-state index in [0.29, 0.717) is 12.7 Å². The molecule has 2 fully saturated rings. The van der Waals surface area contributed by atoms with E-state index < -0.39 is 0 Å². The zero-order valence-corrected chi connectivity index (χ0v) is 12.4. The molecule has 19 heavy (non-hydrogen) atoms. The van der Waals surface area contributed by atoms with Crippen molar-refractivity contribution in [3.05, 3.63) is 12.7 Å². The Morgan fingerprint density at radius 3 is 2.63 bits per heavy atom. The molecule has 0 bridgehead atoms. The summed E-state index contributed by atoms with van der Waals surface area (Å²) in [4.78, 5) is 2.65. The second-order valence-electron chi connectivity index (χ2n) is 6.06. The van der Waals surface area contributed by atoms with Gasteiger partial charge in [-0.15, -0.1) is 6.58 Å². The highest BCUT2D eigenvalue weighted by Crippen LogP contribution is 2.26. The lowest BCUT2D eigenvalue weighted by Gasteiger charge is -2.38.